The summed E-state index contributed by atoms with van der Waals surface area (Å²) in [5.74, 6) is -1.50. The van der Waals surface area contributed by atoms with Crippen molar-refractivity contribution in [3.05, 3.63) is 41.2 Å². The summed E-state index contributed by atoms with van der Waals surface area (Å²) >= 11 is 0.829. The van der Waals surface area contributed by atoms with Gasteiger partial charge in [-0.05, 0) is 18.6 Å². The number of nitrogens with zero attached hydrogens (tertiary/aromatic N) is 2. The first kappa shape index (κ1) is 23.2. The molecule has 1 aromatic heterocycles. The molecule has 0 unspecified atom stereocenters. The normalized spacial score (nSPS) is 13.2. The number of hydrogen-bond donors (Lipinski definition) is 3. The van der Waals surface area contributed by atoms with Crippen molar-refractivity contribution in [3.63, 3.8) is 0 Å². The number of halogens is 4. The van der Waals surface area contributed by atoms with Crippen molar-refractivity contribution in [2.24, 2.45) is 0 Å². The van der Waals surface area contributed by atoms with E-state index in [0.29, 0.717) is 6.07 Å². The molecular weight excluding hydrogens is 436 g/mol. The van der Waals surface area contributed by atoms with Gasteiger partial charge in [0.05, 0.1) is 18.4 Å². The van der Waals surface area contributed by atoms with Gasteiger partial charge in [-0.25, -0.2) is 22.8 Å². The smallest absolute Gasteiger partial charge is 0.394 e. The van der Waals surface area contributed by atoms with Crippen LogP contribution in [-0.2, 0) is 22.0 Å². The van der Waals surface area contributed by atoms with Crippen molar-refractivity contribution in [1.29, 1.82) is 0 Å². The monoisotopic (exact) mass is 454 g/mol. The molecule has 1 aromatic carbocycles. The molecule has 13 heteroatoms. The number of alkyl halides is 3. The van der Waals surface area contributed by atoms with E-state index in [1.807, 2.05) is 0 Å². The van der Waals surface area contributed by atoms with Crippen molar-refractivity contribution in [2.75, 3.05) is 22.9 Å². The first-order valence-corrected chi connectivity index (χ1v) is 11.0. The molecule has 29 heavy (non-hydrogen) atoms. The highest BCUT2D eigenvalue weighted by Gasteiger charge is 2.34. The van der Waals surface area contributed by atoms with Crippen LogP contribution in [0.5, 0.6) is 0 Å². The van der Waals surface area contributed by atoms with Gasteiger partial charge in [0, 0.05) is 17.9 Å². The SMILES string of the molecule is C[C@H](CO)Nc1cc(NS(C)(=O)=O)nc(SCc2cccc(C(F)(F)F)c2F)n1. The lowest BCUT2D eigenvalue weighted by molar-refractivity contribution is -0.140. The van der Waals surface area contributed by atoms with Crippen molar-refractivity contribution in [3.8, 4) is 0 Å². The summed E-state index contributed by atoms with van der Waals surface area (Å²) in [4.78, 5) is 8.10. The van der Waals surface area contributed by atoms with E-state index in [9.17, 15) is 26.0 Å². The Balaban J connectivity index is 2.30. The number of benzene rings is 1. The fraction of sp³-hybridized carbons (Fsp3) is 0.375. The molecule has 0 amide bonds. The Kier molecular flexibility index (Phi) is 7.30. The molecule has 0 aliphatic heterocycles. The largest absolute Gasteiger partial charge is 0.419 e. The Morgan fingerprint density at radius 2 is 1.90 bits per heavy atom. The molecule has 1 atom stereocenters. The van der Waals surface area contributed by atoms with Crippen LogP contribution in [0.1, 0.15) is 18.1 Å². The highest BCUT2D eigenvalue weighted by molar-refractivity contribution is 7.98. The van der Waals surface area contributed by atoms with Gasteiger partial charge < -0.3 is 10.4 Å². The highest BCUT2D eigenvalue weighted by atomic mass is 32.2. The Morgan fingerprint density at radius 3 is 2.48 bits per heavy atom. The quantitative estimate of drug-likeness (QED) is 0.320. The molecular formula is C16H18F4N4O3S2. The molecule has 0 aliphatic rings. The van der Waals surface area contributed by atoms with Gasteiger partial charge in [-0.3, -0.25) is 4.72 Å². The minimum absolute atomic E-state index is 0.00287. The molecule has 0 fully saturated rings. The Hall–Kier alpha value is -2.12. The Morgan fingerprint density at radius 1 is 1.24 bits per heavy atom. The number of rotatable bonds is 8. The lowest BCUT2D eigenvalue weighted by atomic mass is 10.1. The summed E-state index contributed by atoms with van der Waals surface area (Å²) in [5.41, 5.74) is -1.57. The van der Waals surface area contributed by atoms with Crippen molar-refractivity contribution in [1.82, 2.24) is 9.97 Å². The van der Waals surface area contributed by atoms with Gasteiger partial charge in [0.25, 0.3) is 0 Å². The average Bonchev–Trinajstić information content (AvgIpc) is 2.58. The van der Waals surface area contributed by atoms with Gasteiger partial charge in [-0.2, -0.15) is 13.2 Å². The molecule has 7 nitrogen and oxygen atoms in total. The second-order valence-corrected chi connectivity index (χ2v) is 8.78. The van der Waals surface area contributed by atoms with E-state index in [-0.39, 0.29) is 34.7 Å². The number of aliphatic hydroxyl groups is 1. The number of thioether (sulfide) groups is 1. The molecule has 3 N–H and O–H groups in total. The zero-order chi connectivity index (χ0) is 21.8. The van der Waals surface area contributed by atoms with Crippen LogP contribution in [0.2, 0.25) is 0 Å². The standard InChI is InChI=1S/C16H18F4N4O3S2/c1-9(7-25)21-12-6-13(24-29(2,26)27)23-15(22-12)28-8-10-4-3-5-11(14(10)17)16(18,19)20/h3-6,9,25H,7-8H2,1-2H3,(H2,21,22,23,24)/t9-/m1/s1. The summed E-state index contributed by atoms with van der Waals surface area (Å²) in [7, 11) is -3.65. The van der Waals surface area contributed by atoms with E-state index in [1.165, 1.54) is 12.1 Å². The van der Waals surface area contributed by atoms with E-state index in [0.717, 1.165) is 24.1 Å². The van der Waals surface area contributed by atoms with Crippen molar-refractivity contribution in [2.45, 2.75) is 30.1 Å². The summed E-state index contributed by atoms with van der Waals surface area (Å²) < 4.78 is 77.8. The number of aromatic nitrogens is 2. The topological polar surface area (TPSA) is 104 Å². The predicted molar refractivity (Wildman–Crippen MR) is 102 cm³/mol. The fourth-order valence-corrected chi connectivity index (χ4v) is 3.47. The summed E-state index contributed by atoms with van der Waals surface area (Å²) in [6.45, 7) is 1.42. The summed E-state index contributed by atoms with van der Waals surface area (Å²) in [6.07, 6.45) is -3.90. The lowest BCUT2D eigenvalue weighted by Gasteiger charge is -2.14. The minimum Gasteiger partial charge on any atom is -0.394 e. The second-order valence-electron chi connectivity index (χ2n) is 6.09. The minimum atomic E-state index is -4.82. The van der Waals surface area contributed by atoms with Gasteiger partial charge in [-0.1, -0.05) is 23.9 Å². The molecule has 0 saturated carbocycles. The van der Waals surface area contributed by atoms with Gasteiger partial charge in [0.2, 0.25) is 10.0 Å². The van der Waals surface area contributed by atoms with Crippen LogP contribution in [-0.4, -0.2) is 42.4 Å². The number of sulfonamides is 1. The second kappa shape index (κ2) is 9.13. The average molecular weight is 454 g/mol. The summed E-state index contributed by atoms with van der Waals surface area (Å²) in [6, 6.07) is 3.84. The number of nitrogens with one attached hydrogen (secondary N) is 2. The van der Waals surface area contributed by atoms with Crippen LogP contribution < -0.4 is 10.0 Å². The van der Waals surface area contributed by atoms with Crippen molar-refractivity contribution >= 4 is 33.4 Å². The van der Waals surface area contributed by atoms with Gasteiger partial charge >= 0.3 is 6.18 Å². The molecule has 0 aliphatic carbocycles. The van der Waals surface area contributed by atoms with E-state index in [1.54, 1.807) is 6.92 Å². The maximum Gasteiger partial charge on any atom is 0.419 e. The molecule has 1 heterocycles. The van der Waals surface area contributed by atoms with Gasteiger partial charge in [0.1, 0.15) is 17.5 Å². The third-order valence-corrected chi connectivity index (χ3v) is 4.88. The van der Waals surface area contributed by atoms with E-state index in [4.69, 9.17) is 5.11 Å². The van der Waals surface area contributed by atoms with Crippen molar-refractivity contribution < 1.29 is 31.1 Å². The zero-order valence-electron chi connectivity index (χ0n) is 15.3. The van der Waals surface area contributed by atoms with Gasteiger partial charge in [-0.15, -0.1) is 0 Å². The van der Waals surface area contributed by atoms with E-state index >= 15 is 0 Å². The van der Waals surface area contributed by atoms with E-state index in [2.05, 4.69) is 20.0 Å². The lowest BCUT2D eigenvalue weighted by Crippen LogP contribution is -2.21. The first-order valence-electron chi connectivity index (χ1n) is 8.10. The third-order valence-electron chi connectivity index (χ3n) is 3.40. The van der Waals surface area contributed by atoms with E-state index < -0.39 is 33.6 Å². The Labute approximate surface area is 169 Å². The first-order chi connectivity index (χ1) is 13.4. The van der Waals surface area contributed by atoms with Gasteiger partial charge in [0.15, 0.2) is 5.16 Å². The maximum absolute atomic E-state index is 14.2. The molecule has 2 rings (SSSR count). The predicted octanol–water partition coefficient (Wildman–Crippen LogP) is 3.09. The molecule has 160 valence electrons. The zero-order valence-corrected chi connectivity index (χ0v) is 16.9. The van der Waals surface area contributed by atoms with Crippen LogP contribution in [0.15, 0.2) is 29.4 Å². The molecule has 2 aromatic rings. The number of hydrogen-bond acceptors (Lipinski definition) is 7. The molecule has 0 bridgehead atoms. The highest BCUT2D eigenvalue weighted by Crippen LogP contribution is 2.34. The van der Waals surface area contributed by atoms with Crippen LogP contribution in [0.4, 0.5) is 29.2 Å². The fourth-order valence-electron chi connectivity index (χ4n) is 2.16. The van der Waals surface area contributed by atoms with Crippen LogP contribution in [0, 0.1) is 5.82 Å². The molecule has 0 saturated heterocycles. The maximum atomic E-state index is 14.2. The Bertz CT molecular complexity index is 971. The molecule has 0 radical (unpaired) electrons. The number of anilines is 2. The third kappa shape index (κ3) is 7.01. The number of aliphatic hydroxyl groups excluding tert-OH is 1. The molecule has 0 spiro atoms. The van der Waals surface area contributed by atoms with Crippen LogP contribution in [0.25, 0.3) is 0 Å². The van der Waals surface area contributed by atoms with Crippen LogP contribution >= 0.6 is 11.8 Å². The summed E-state index contributed by atoms with van der Waals surface area (Å²) in [5, 5.41) is 12.0. The van der Waals surface area contributed by atoms with Crippen LogP contribution in [0.3, 0.4) is 0 Å².